The molecule has 1 aromatic carbocycles. The van der Waals surface area contributed by atoms with Gasteiger partial charge >= 0.3 is 0 Å². The second-order valence-electron chi connectivity index (χ2n) is 3.65. The van der Waals surface area contributed by atoms with Gasteiger partial charge < -0.3 is 0 Å². The molecule has 0 fully saturated rings. The van der Waals surface area contributed by atoms with Crippen LogP contribution in [0, 0.1) is 0 Å². The monoisotopic (exact) mass is 258 g/mol. The van der Waals surface area contributed by atoms with Crippen LogP contribution in [0.5, 0.6) is 0 Å². The maximum Gasteiger partial charge on any atom is 0.274 e. The van der Waals surface area contributed by atoms with E-state index < -0.39 is 10.2 Å². The number of unbranched alkanes of at least 4 members (excludes halogenated alkanes) is 3. The summed E-state index contributed by atoms with van der Waals surface area (Å²) in [7, 11) is -3.46. The fourth-order valence-electron chi connectivity index (χ4n) is 1.15. The van der Waals surface area contributed by atoms with E-state index in [0.717, 1.165) is 25.7 Å². The van der Waals surface area contributed by atoms with E-state index in [1.807, 2.05) is 36.4 Å². The first-order valence-electron chi connectivity index (χ1n) is 5.83. The van der Waals surface area contributed by atoms with Crippen LogP contribution >= 0.6 is 0 Å². The number of hydrogen-bond donors (Lipinski definition) is 2. The first kappa shape index (κ1) is 16.1. The number of benzene rings is 1. The van der Waals surface area contributed by atoms with Crippen LogP contribution in [-0.2, 0) is 10.2 Å². The molecule has 1 aromatic rings. The van der Waals surface area contributed by atoms with E-state index in [2.05, 4.69) is 11.6 Å². The fourth-order valence-corrected chi connectivity index (χ4v) is 1.58. The highest BCUT2D eigenvalue weighted by Crippen LogP contribution is 1.96. The third-order valence-electron chi connectivity index (χ3n) is 2.00. The smallest absolute Gasteiger partial charge is 0.216 e. The predicted octanol–water partition coefficient (Wildman–Crippen LogP) is 2.05. The fraction of sp³-hybridized carbons (Fsp3) is 0.500. The highest BCUT2D eigenvalue weighted by Gasteiger charge is 1.97. The van der Waals surface area contributed by atoms with Gasteiger partial charge in [-0.2, -0.15) is 8.42 Å². The van der Waals surface area contributed by atoms with Gasteiger partial charge in [0.05, 0.1) is 0 Å². The summed E-state index contributed by atoms with van der Waals surface area (Å²) in [5, 5.41) is 4.71. The number of rotatable bonds is 6. The minimum atomic E-state index is -3.46. The third kappa shape index (κ3) is 15.1. The van der Waals surface area contributed by atoms with Crippen molar-refractivity contribution in [1.82, 2.24) is 4.72 Å². The summed E-state index contributed by atoms with van der Waals surface area (Å²) in [5.74, 6) is 0. The van der Waals surface area contributed by atoms with Crippen LogP contribution in [0.4, 0.5) is 0 Å². The molecule has 17 heavy (non-hydrogen) atoms. The van der Waals surface area contributed by atoms with Crippen molar-refractivity contribution in [2.45, 2.75) is 32.6 Å². The van der Waals surface area contributed by atoms with E-state index in [-0.39, 0.29) is 0 Å². The summed E-state index contributed by atoms with van der Waals surface area (Å²) in [6.45, 7) is 2.56. The van der Waals surface area contributed by atoms with Crippen molar-refractivity contribution in [3.05, 3.63) is 36.4 Å². The molecule has 0 amide bonds. The first-order valence-corrected chi connectivity index (χ1v) is 7.38. The Morgan fingerprint density at radius 2 is 1.41 bits per heavy atom. The molecule has 0 heterocycles. The van der Waals surface area contributed by atoms with Crippen molar-refractivity contribution >= 4 is 10.2 Å². The molecule has 5 heteroatoms. The molecule has 3 N–H and O–H groups in total. The van der Waals surface area contributed by atoms with Gasteiger partial charge in [-0.15, -0.1) is 0 Å². The molecule has 0 saturated heterocycles. The summed E-state index contributed by atoms with van der Waals surface area (Å²) in [6.07, 6.45) is 4.21. The van der Waals surface area contributed by atoms with Gasteiger partial charge in [-0.3, -0.25) is 0 Å². The summed E-state index contributed by atoms with van der Waals surface area (Å²) >= 11 is 0. The molecule has 0 aliphatic heterocycles. The Morgan fingerprint density at radius 3 is 1.76 bits per heavy atom. The van der Waals surface area contributed by atoms with Crippen LogP contribution in [0.2, 0.25) is 0 Å². The quantitative estimate of drug-likeness (QED) is 0.766. The normalized spacial score (nSPS) is 10.5. The summed E-state index contributed by atoms with van der Waals surface area (Å²) in [5.41, 5.74) is 0. The Bertz CT molecular complexity index is 325. The van der Waals surface area contributed by atoms with E-state index in [9.17, 15) is 8.42 Å². The lowest BCUT2D eigenvalue weighted by atomic mass is 10.2. The average Bonchev–Trinajstić information content (AvgIpc) is 2.30. The molecule has 0 aromatic heterocycles. The molecule has 0 atom stereocenters. The van der Waals surface area contributed by atoms with Crippen LogP contribution in [0.25, 0.3) is 0 Å². The van der Waals surface area contributed by atoms with E-state index in [1.54, 1.807) is 0 Å². The Labute approximate surface area is 104 Å². The third-order valence-corrected chi connectivity index (χ3v) is 2.61. The molecule has 0 bridgehead atoms. The van der Waals surface area contributed by atoms with Crippen molar-refractivity contribution in [1.29, 1.82) is 0 Å². The Balaban J connectivity index is 0.000000354. The lowest BCUT2D eigenvalue weighted by Crippen LogP contribution is -2.31. The van der Waals surface area contributed by atoms with Gasteiger partial charge in [-0.25, -0.2) is 9.86 Å². The minimum Gasteiger partial charge on any atom is -0.216 e. The summed E-state index contributed by atoms with van der Waals surface area (Å²) in [4.78, 5) is 0. The predicted molar refractivity (Wildman–Crippen MR) is 71.7 cm³/mol. The van der Waals surface area contributed by atoms with Crippen LogP contribution < -0.4 is 9.86 Å². The van der Waals surface area contributed by atoms with Gasteiger partial charge in [0.1, 0.15) is 0 Å². The second kappa shape index (κ2) is 10.3. The average molecular weight is 258 g/mol. The number of hydrogen-bond acceptors (Lipinski definition) is 2. The van der Waals surface area contributed by atoms with Crippen LogP contribution in [0.3, 0.4) is 0 Å². The molecule has 0 aliphatic carbocycles. The zero-order chi connectivity index (χ0) is 13.0. The Morgan fingerprint density at radius 1 is 0.941 bits per heavy atom. The maximum absolute atomic E-state index is 10.3. The van der Waals surface area contributed by atoms with Crippen LogP contribution in [-0.4, -0.2) is 15.0 Å². The number of nitrogens with two attached hydrogens (primary N) is 1. The summed E-state index contributed by atoms with van der Waals surface area (Å²) in [6, 6.07) is 12.0. The van der Waals surface area contributed by atoms with Crippen molar-refractivity contribution in [3.8, 4) is 0 Å². The van der Waals surface area contributed by atoms with E-state index in [0.29, 0.717) is 6.54 Å². The van der Waals surface area contributed by atoms with Crippen molar-refractivity contribution in [2.75, 3.05) is 6.54 Å². The van der Waals surface area contributed by atoms with E-state index >= 15 is 0 Å². The van der Waals surface area contributed by atoms with Gasteiger partial charge in [-0.1, -0.05) is 62.6 Å². The van der Waals surface area contributed by atoms with Crippen LogP contribution in [0.15, 0.2) is 36.4 Å². The lowest BCUT2D eigenvalue weighted by molar-refractivity contribution is 0.575. The highest BCUT2D eigenvalue weighted by atomic mass is 32.2. The number of nitrogens with one attached hydrogen (secondary N) is 1. The lowest BCUT2D eigenvalue weighted by Gasteiger charge is -1.99. The molecule has 4 nitrogen and oxygen atoms in total. The van der Waals surface area contributed by atoms with E-state index in [1.165, 1.54) is 0 Å². The molecule has 0 spiro atoms. The van der Waals surface area contributed by atoms with Gasteiger partial charge in [-0.05, 0) is 6.42 Å². The Hall–Kier alpha value is -0.910. The SMILES string of the molecule is CCCCCCNS(N)(=O)=O.c1ccccc1. The summed E-state index contributed by atoms with van der Waals surface area (Å²) < 4.78 is 22.9. The highest BCUT2D eigenvalue weighted by molar-refractivity contribution is 7.87. The molecule has 0 aliphatic rings. The zero-order valence-electron chi connectivity index (χ0n) is 10.3. The molecule has 0 saturated carbocycles. The molecular weight excluding hydrogens is 236 g/mol. The van der Waals surface area contributed by atoms with Crippen LogP contribution in [0.1, 0.15) is 32.6 Å². The first-order chi connectivity index (χ1) is 8.06. The van der Waals surface area contributed by atoms with Gasteiger partial charge in [0.2, 0.25) is 0 Å². The van der Waals surface area contributed by atoms with E-state index in [4.69, 9.17) is 5.14 Å². The topological polar surface area (TPSA) is 72.2 Å². The van der Waals surface area contributed by atoms with Gasteiger partial charge in [0, 0.05) is 6.54 Å². The second-order valence-corrected chi connectivity index (χ2v) is 5.03. The van der Waals surface area contributed by atoms with Gasteiger partial charge in [0.25, 0.3) is 10.2 Å². The molecule has 0 radical (unpaired) electrons. The molecule has 0 unspecified atom stereocenters. The zero-order valence-corrected chi connectivity index (χ0v) is 11.1. The van der Waals surface area contributed by atoms with Crippen molar-refractivity contribution in [2.24, 2.45) is 5.14 Å². The molecule has 98 valence electrons. The molecular formula is C12H22N2O2S. The van der Waals surface area contributed by atoms with Crippen molar-refractivity contribution in [3.63, 3.8) is 0 Å². The molecule has 1 rings (SSSR count). The Kier molecular flexibility index (Phi) is 9.71. The maximum atomic E-state index is 10.3. The van der Waals surface area contributed by atoms with Gasteiger partial charge in [0.15, 0.2) is 0 Å². The standard InChI is InChI=1S/C6H16N2O2S.C6H6/c1-2-3-4-5-6-8-11(7,9)10;1-2-4-6-5-3-1/h8H,2-6H2,1H3,(H2,7,9,10);1-6H. The minimum absolute atomic E-state index is 0.457. The van der Waals surface area contributed by atoms with Crippen molar-refractivity contribution < 1.29 is 8.42 Å². The largest absolute Gasteiger partial charge is 0.274 e.